The predicted octanol–water partition coefficient (Wildman–Crippen LogP) is 2.75. The SMILES string of the molecule is CCCCNC(=O)C1CCC(=O)N1c1ccc(Cl)cc1. The molecule has 0 bridgehead atoms. The van der Waals surface area contributed by atoms with Crippen LogP contribution in [-0.4, -0.2) is 24.4 Å². The molecule has 1 saturated heterocycles. The smallest absolute Gasteiger partial charge is 0.243 e. The molecule has 1 heterocycles. The summed E-state index contributed by atoms with van der Waals surface area (Å²) in [5.74, 6) is -0.0813. The molecule has 0 saturated carbocycles. The van der Waals surface area contributed by atoms with E-state index >= 15 is 0 Å². The van der Waals surface area contributed by atoms with E-state index in [1.807, 2.05) is 0 Å². The van der Waals surface area contributed by atoms with Crippen molar-refractivity contribution in [3.8, 4) is 0 Å². The van der Waals surface area contributed by atoms with Crippen molar-refractivity contribution in [3.05, 3.63) is 29.3 Å². The second-order valence-electron chi connectivity index (χ2n) is 4.94. The molecule has 0 aliphatic carbocycles. The highest BCUT2D eigenvalue weighted by Gasteiger charge is 2.36. The predicted molar refractivity (Wildman–Crippen MR) is 79.9 cm³/mol. The molecule has 1 atom stereocenters. The third-order valence-electron chi connectivity index (χ3n) is 3.45. The van der Waals surface area contributed by atoms with Gasteiger partial charge in [0.1, 0.15) is 6.04 Å². The first-order chi connectivity index (χ1) is 9.63. The van der Waals surface area contributed by atoms with Crippen molar-refractivity contribution in [1.82, 2.24) is 5.32 Å². The first-order valence-electron chi connectivity index (χ1n) is 6.99. The third kappa shape index (κ3) is 3.31. The number of nitrogens with one attached hydrogen (secondary N) is 1. The Morgan fingerprint density at radius 3 is 2.75 bits per heavy atom. The van der Waals surface area contributed by atoms with Crippen LogP contribution in [0.2, 0.25) is 5.02 Å². The van der Waals surface area contributed by atoms with Gasteiger partial charge in [0.2, 0.25) is 11.8 Å². The molecule has 108 valence electrons. The van der Waals surface area contributed by atoms with Crippen LogP contribution in [0.25, 0.3) is 0 Å². The Morgan fingerprint density at radius 1 is 1.40 bits per heavy atom. The number of unbranched alkanes of at least 4 members (excludes halogenated alkanes) is 1. The topological polar surface area (TPSA) is 49.4 Å². The molecule has 1 aliphatic rings. The zero-order valence-corrected chi connectivity index (χ0v) is 12.3. The van der Waals surface area contributed by atoms with Gasteiger partial charge in [0, 0.05) is 23.7 Å². The maximum Gasteiger partial charge on any atom is 0.243 e. The lowest BCUT2D eigenvalue weighted by molar-refractivity contribution is -0.123. The van der Waals surface area contributed by atoms with E-state index in [1.54, 1.807) is 29.2 Å². The van der Waals surface area contributed by atoms with Crippen LogP contribution in [0, 0.1) is 0 Å². The van der Waals surface area contributed by atoms with E-state index in [9.17, 15) is 9.59 Å². The molecule has 1 aliphatic heterocycles. The van der Waals surface area contributed by atoms with Gasteiger partial charge in [-0.25, -0.2) is 0 Å². The van der Waals surface area contributed by atoms with E-state index in [4.69, 9.17) is 11.6 Å². The molecule has 1 fully saturated rings. The van der Waals surface area contributed by atoms with Crippen molar-refractivity contribution in [2.24, 2.45) is 0 Å². The highest BCUT2D eigenvalue weighted by Crippen LogP contribution is 2.27. The number of carbonyl (C=O) groups excluding carboxylic acids is 2. The van der Waals surface area contributed by atoms with E-state index < -0.39 is 6.04 Å². The molecule has 1 N–H and O–H groups in total. The quantitative estimate of drug-likeness (QED) is 0.849. The average Bonchev–Trinajstić information content (AvgIpc) is 2.82. The van der Waals surface area contributed by atoms with E-state index in [0.717, 1.165) is 18.5 Å². The molecule has 0 spiro atoms. The fourth-order valence-electron chi connectivity index (χ4n) is 2.36. The number of anilines is 1. The van der Waals surface area contributed by atoms with Gasteiger partial charge in [0.15, 0.2) is 0 Å². The van der Waals surface area contributed by atoms with Crippen LogP contribution in [0.3, 0.4) is 0 Å². The molecular formula is C15H19ClN2O2. The van der Waals surface area contributed by atoms with Gasteiger partial charge in [-0.2, -0.15) is 0 Å². The zero-order valence-electron chi connectivity index (χ0n) is 11.6. The Hall–Kier alpha value is -1.55. The highest BCUT2D eigenvalue weighted by atomic mass is 35.5. The summed E-state index contributed by atoms with van der Waals surface area (Å²) in [5.41, 5.74) is 0.729. The molecule has 1 aromatic rings. The lowest BCUT2D eigenvalue weighted by Crippen LogP contribution is -2.45. The number of amides is 2. The minimum absolute atomic E-state index is 0.0111. The van der Waals surface area contributed by atoms with E-state index in [-0.39, 0.29) is 11.8 Å². The van der Waals surface area contributed by atoms with Crippen LogP contribution in [0.15, 0.2) is 24.3 Å². The minimum Gasteiger partial charge on any atom is -0.354 e. The van der Waals surface area contributed by atoms with Gasteiger partial charge in [-0.05, 0) is 37.1 Å². The summed E-state index contributed by atoms with van der Waals surface area (Å²) in [7, 11) is 0. The van der Waals surface area contributed by atoms with Crippen LogP contribution < -0.4 is 10.2 Å². The van der Waals surface area contributed by atoms with Gasteiger partial charge >= 0.3 is 0 Å². The molecule has 20 heavy (non-hydrogen) atoms. The Morgan fingerprint density at radius 2 is 2.10 bits per heavy atom. The van der Waals surface area contributed by atoms with E-state index in [0.29, 0.717) is 24.4 Å². The normalized spacial score (nSPS) is 18.4. The number of carbonyl (C=O) groups is 2. The molecular weight excluding hydrogens is 276 g/mol. The van der Waals surface area contributed by atoms with Gasteiger partial charge in [0.05, 0.1) is 0 Å². The number of halogens is 1. The first kappa shape index (κ1) is 14.9. The maximum atomic E-state index is 12.2. The zero-order chi connectivity index (χ0) is 14.5. The Bertz CT molecular complexity index is 487. The van der Waals surface area contributed by atoms with E-state index in [1.165, 1.54) is 0 Å². The number of nitrogens with zero attached hydrogens (tertiary/aromatic N) is 1. The Kier molecular flexibility index (Phi) is 5.01. The summed E-state index contributed by atoms with van der Waals surface area (Å²) in [6, 6.07) is 6.61. The van der Waals surface area contributed by atoms with E-state index in [2.05, 4.69) is 12.2 Å². The van der Waals surface area contributed by atoms with Gasteiger partial charge in [0.25, 0.3) is 0 Å². The molecule has 5 heteroatoms. The molecule has 2 rings (SSSR count). The molecule has 4 nitrogen and oxygen atoms in total. The summed E-state index contributed by atoms with van der Waals surface area (Å²) >= 11 is 5.86. The van der Waals surface area contributed by atoms with Gasteiger partial charge in [-0.1, -0.05) is 24.9 Å². The fourth-order valence-corrected chi connectivity index (χ4v) is 2.49. The van der Waals surface area contributed by atoms with Crippen molar-refractivity contribution in [2.45, 2.75) is 38.6 Å². The summed E-state index contributed by atoms with van der Waals surface area (Å²) in [6.45, 7) is 2.74. The second-order valence-corrected chi connectivity index (χ2v) is 5.38. The summed E-state index contributed by atoms with van der Waals surface area (Å²) in [6.07, 6.45) is 2.96. The number of benzene rings is 1. The van der Waals surface area contributed by atoms with Gasteiger partial charge < -0.3 is 5.32 Å². The molecule has 1 aromatic carbocycles. The average molecular weight is 295 g/mol. The summed E-state index contributed by atoms with van der Waals surface area (Å²) < 4.78 is 0. The standard InChI is InChI=1S/C15H19ClN2O2/c1-2-3-10-17-15(20)13-8-9-14(19)18(13)12-6-4-11(16)5-7-12/h4-7,13H,2-3,8-10H2,1H3,(H,17,20). The monoisotopic (exact) mass is 294 g/mol. The van der Waals surface area contributed by atoms with Gasteiger partial charge in [-0.15, -0.1) is 0 Å². The molecule has 1 unspecified atom stereocenters. The number of rotatable bonds is 5. The minimum atomic E-state index is -0.402. The van der Waals surface area contributed by atoms with Crippen molar-refractivity contribution < 1.29 is 9.59 Å². The highest BCUT2D eigenvalue weighted by molar-refractivity contribution is 6.30. The number of hydrogen-bond acceptors (Lipinski definition) is 2. The van der Waals surface area contributed by atoms with Crippen LogP contribution in [0.1, 0.15) is 32.6 Å². The first-order valence-corrected chi connectivity index (χ1v) is 7.36. The lowest BCUT2D eigenvalue weighted by Gasteiger charge is -2.24. The van der Waals surface area contributed by atoms with Crippen molar-refractivity contribution in [2.75, 3.05) is 11.4 Å². The second kappa shape index (κ2) is 6.75. The largest absolute Gasteiger partial charge is 0.354 e. The lowest BCUT2D eigenvalue weighted by atomic mass is 10.2. The molecule has 2 amide bonds. The van der Waals surface area contributed by atoms with Crippen molar-refractivity contribution >= 4 is 29.1 Å². The van der Waals surface area contributed by atoms with Crippen LogP contribution >= 0.6 is 11.6 Å². The number of hydrogen-bond donors (Lipinski definition) is 1. The van der Waals surface area contributed by atoms with Crippen LogP contribution in [0.4, 0.5) is 5.69 Å². The molecule has 0 radical (unpaired) electrons. The Balaban J connectivity index is 2.10. The maximum absolute atomic E-state index is 12.2. The van der Waals surface area contributed by atoms with Crippen molar-refractivity contribution in [3.63, 3.8) is 0 Å². The summed E-state index contributed by atoms with van der Waals surface area (Å²) in [5, 5.41) is 3.51. The van der Waals surface area contributed by atoms with Gasteiger partial charge in [-0.3, -0.25) is 14.5 Å². The van der Waals surface area contributed by atoms with Crippen molar-refractivity contribution in [1.29, 1.82) is 0 Å². The van der Waals surface area contributed by atoms with Crippen LogP contribution in [-0.2, 0) is 9.59 Å². The fraction of sp³-hybridized carbons (Fsp3) is 0.467. The molecule has 0 aromatic heterocycles. The Labute approximate surface area is 124 Å². The van der Waals surface area contributed by atoms with Crippen LogP contribution in [0.5, 0.6) is 0 Å². The third-order valence-corrected chi connectivity index (χ3v) is 3.70. The summed E-state index contributed by atoms with van der Waals surface area (Å²) in [4.78, 5) is 25.8.